The third-order valence-corrected chi connectivity index (χ3v) is 4.58. The minimum absolute atomic E-state index is 0.0600. The number of aryl methyl sites for hydroxylation is 1. The summed E-state index contributed by atoms with van der Waals surface area (Å²) in [7, 11) is 0. The molecular weight excluding hydrogens is 296 g/mol. The summed E-state index contributed by atoms with van der Waals surface area (Å²) in [5.74, 6) is 0.0600. The lowest BCUT2D eigenvalue weighted by molar-refractivity contribution is -0.112. The second kappa shape index (κ2) is 5.68. The molecule has 0 saturated carbocycles. The van der Waals surface area contributed by atoms with Crippen molar-refractivity contribution in [2.75, 3.05) is 11.9 Å². The van der Waals surface area contributed by atoms with Gasteiger partial charge in [0, 0.05) is 28.7 Å². The lowest BCUT2D eigenvalue weighted by atomic mass is 10.0. The molecule has 0 spiro atoms. The van der Waals surface area contributed by atoms with E-state index in [9.17, 15) is 4.79 Å². The Morgan fingerprint density at radius 2 is 2.04 bits per heavy atom. The lowest BCUT2D eigenvalue weighted by Crippen LogP contribution is -2.02. The maximum absolute atomic E-state index is 11.2. The Balaban J connectivity index is 1.92. The maximum atomic E-state index is 11.2. The van der Waals surface area contributed by atoms with Gasteiger partial charge in [-0.25, -0.2) is 0 Å². The number of carbonyl (C=O) groups is 1. The lowest BCUT2D eigenvalue weighted by Gasteiger charge is -2.09. The van der Waals surface area contributed by atoms with Gasteiger partial charge < -0.3 is 10.3 Å². The number of rotatable bonds is 2. The van der Waals surface area contributed by atoms with Gasteiger partial charge in [0.05, 0.1) is 5.69 Å². The molecule has 1 aliphatic heterocycles. The van der Waals surface area contributed by atoms with Crippen LogP contribution in [-0.2, 0) is 11.2 Å². The fourth-order valence-corrected chi connectivity index (χ4v) is 3.41. The predicted octanol–water partition coefficient (Wildman–Crippen LogP) is 4.71. The van der Waals surface area contributed by atoms with E-state index in [0.29, 0.717) is 0 Å². The zero-order valence-corrected chi connectivity index (χ0v) is 13.9. The van der Waals surface area contributed by atoms with Crippen LogP contribution < -0.4 is 5.32 Å². The number of hydrogen-bond acceptors (Lipinski definition) is 2. The van der Waals surface area contributed by atoms with Gasteiger partial charge in [-0.2, -0.15) is 0 Å². The van der Waals surface area contributed by atoms with Crippen LogP contribution in [0.15, 0.2) is 42.5 Å². The molecule has 1 aromatic heterocycles. The van der Waals surface area contributed by atoms with Crippen LogP contribution in [0.4, 0.5) is 5.69 Å². The zero-order chi connectivity index (χ0) is 16.7. The number of anilines is 1. The number of ketones is 1. The molecule has 0 radical (unpaired) electrons. The SMILES string of the molecule is CC(=O)C=Cc1ccc2c(c1)-c1[nH]c3ccc(C)cc3c1CCN2. The van der Waals surface area contributed by atoms with Crippen molar-refractivity contribution in [3.8, 4) is 11.3 Å². The van der Waals surface area contributed by atoms with Gasteiger partial charge in [-0.1, -0.05) is 23.8 Å². The average molecular weight is 316 g/mol. The van der Waals surface area contributed by atoms with Crippen molar-refractivity contribution in [3.63, 3.8) is 0 Å². The van der Waals surface area contributed by atoms with Gasteiger partial charge in [-0.05, 0) is 61.7 Å². The largest absolute Gasteiger partial charge is 0.384 e. The number of allylic oxidation sites excluding steroid dienone is 1. The molecule has 2 aromatic carbocycles. The molecule has 0 unspecified atom stereocenters. The van der Waals surface area contributed by atoms with Crippen molar-refractivity contribution in [3.05, 3.63) is 59.2 Å². The molecular formula is C21H20N2O. The second-order valence-electron chi connectivity index (χ2n) is 6.45. The normalized spacial score (nSPS) is 13.4. The smallest absolute Gasteiger partial charge is 0.152 e. The van der Waals surface area contributed by atoms with E-state index >= 15 is 0 Å². The number of aromatic amines is 1. The Bertz CT molecular complexity index is 979. The predicted molar refractivity (Wildman–Crippen MR) is 100 cm³/mol. The number of fused-ring (bicyclic) bond motifs is 5. The fraction of sp³-hybridized carbons (Fsp3) is 0.190. The molecule has 4 rings (SSSR count). The third kappa shape index (κ3) is 2.52. The highest BCUT2D eigenvalue weighted by Gasteiger charge is 2.19. The Labute approximate surface area is 141 Å². The molecule has 3 aromatic rings. The van der Waals surface area contributed by atoms with E-state index in [2.05, 4.69) is 47.6 Å². The Kier molecular flexibility index (Phi) is 3.49. The molecule has 0 aliphatic carbocycles. The molecule has 0 amide bonds. The highest BCUT2D eigenvalue weighted by molar-refractivity contribution is 5.95. The van der Waals surface area contributed by atoms with Gasteiger partial charge in [0.2, 0.25) is 0 Å². The first-order chi connectivity index (χ1) is 11.6. The van der Waals surface area contributed by atoms with Gasteiger partial charge in [-0.15, -0.1) is 0 Å². The second-order valence-corrected chi connectivity index (χ2v) is 6.45. The van der Waals surface area contributed by atoms with E-state index in [1.807, 2.05) is 12.1 Å². The van der Waals surface area contributed by atoms with E-state index in [-0.39, 0.29) is 5.78 Å². The minimum atomic E-state index is 0.0600. The van der Waals surface area contributed by atoms with Crippen molar-refractivity contribution in [2.24, 2.45) is 0 Å². The van der Waals surface area contributed by atoms with Crippen LogP contribution in [0.1, 0.15) is 23.6 Å². The van der Waals surface area contributed by atoms with Crippen LogP contribution in [0.3, 0.4) is 0 Å². The average Bonchev–Trinajstić information content (AvgIpc) is 2.81. The summed E-state index contributed by atoms with van der Waals surface area (Å²) in [6, 6.07) is 12.8. The molecule has 24 heavy (non-hydrogen) atoms. The van der Waals surface area contributed by atoms with E-state index in [1.165, 1.54) is 33.3 Å². The number of H-pyrrole nitrogens is 1. The number of nitrogens with one attached hydrogen (secondary N) is 2. The van der Waals surface area contributed by atoms with E-state index in [1.54, 1.807) is 13.0 Å². The number of hydrogen-bond donors (Lipinski definition) is 2. The van der Waals surface area contributed by atoms with Crippen molar-refractivity contribution < 1.29 is 4.79 Å². The quantitative estimate of drug-likeness (QED) is 0.672. The summed E-state index contributed by atoms with van der Waals surface area (Å²) in [5, 5.41) is 4.83. The van der Waals surface area contributed by atoms with Crippen LogP contribution in [0.2, 0.25) is 0 Å². The molecule has 1 aliphatic rings. The van der Waals surface area contributed by atoms with Gasteiger partial charge in [0.15, 0.2) is 5.78 Å². The maximum Gasteiger partial charge on any atom is 0.152 e. The Morgan fingerprint density at radius 1 is 1.17 bits per heavy atom. The van der Waals surface area contributed by atoms with Crippen LogP contribution in [0, 0.1) is 6.92 Å². The number of carbonyl (C=O) groups excluding carboxylic acids is 1. The number of benzene rings is 2. The summed E-state index contributed by atoms with van der Waals surface area (Å²) in [4.78, 5) is 14.8. The van der Waals surface area contributed by atoms with Crippen LogP contribution in [0.25, 0.3) is 28.2 Å². The fourth-order valence-electron chi connectivity index (χ4n) is 3.41. The first-order valence-electron chi connectivity index (χ1n) is 8.30. The van der Waals surface area contributed by atoms with Crippen LogP contribution in [0.5, 0.6) is 0 Å². The molecule has 0 saturated heterocycles. The molecule has 3 heteroatoms. The first kappa shape index (κ1) is 14.8. The summed E-state index contributed by atoms with van der Waals surface area (Å²) in [5.41, 5.74) is 8.36. The topological polar surface area (TPSA) is 44.9 Å². The summed E-state index contributed by atoms with van der Waals surface area (Å²) in [6.07, 6.45) is 4.48. The van der Waals surface area contributed by atoms with Crippen molar-refractivity contribution in [2.45, 2.75) is 20.3 Å². The highest BCUT2D eigenvalue weighted by Crippen LogP contribution is 2.38. The van der Waals surface area contributed by atoms with Crippen LogP contribution in [-0.4, -0.2) is 17.3 Å². The molecule has 2 N–H and O–H groups in total. The third-order valence-electron chi connectivity index (χ3n) is 4.58. The van der Waals surface area contributed by atoms with Gasteiger partial charge >= 0.3 is 0 Å². The Hall–Kier alpha value is -2.81. The van der Waals surface area contributed by atoms with Gasteiger partial charge in [-0.3, -0.25) is 4.79 Å². The van der Waals surface area contributed by atoms with Crippen LogP contribution >= 0.6 is 0 Å². The highest BCUT2D eigenvalue weighted by atomic mass is 16.1. The van der Waals surface area contributed by atoms with Gasteiger partial charge in [0.1, 0.15) is 0 Å². The standard InChI is InChI=1S/C21H20N2O/c1-13-3-7-20-17(11-13)16-9-10-22-19-8-6-15(5-4-14(2)24)12-18(19)21(16)23-20/h3-8,11-12,22-23H,9-10H2,1-2H3. The summed E-state index contributed by atoms with van der Waals surface area (Å²) >= 11 is 0. The molecule has 120 valence electrons. The van der Waals surface area contributed by atoms with Crippen molar-refractivity contribution in [1.29, 1.82) is 0 Å². The van der Waals surface area contributed by atoms with Crippen molar-refractivity contribution >= 4 is 28.4 Å². The minimum Gasteiger partial charge on any atom is -0.384 e. The molecule has 3 nitrogen and oxygen atoms in total. The molecule has 0 fully saturated rings. The summed E-state index contributed by atoms with van der Waals surface area (Å²) in [6.45, 7) is 4.62. The monoisotopic (exact) mass is 316 g/mol. The van der Waals surface area contributed by atoms with E-state index in [4.69, 9.17) is 0 Å². The first-order valence-corrected chi connectivity index (χ1v) is 8.30. The zero-order valence-electron chi connectivity index (χ0n) is 13.9. The molecule has 0 bridgehead atoms. The number of aromatic nitrogens is 1. The summed E-state index contributed by atoms with van der Waals surface area (Å²) < 4.78 is 0. The molecule has 0 atom stereocenters. The van der Waals surface area contributed by atoms with E-state index in [0.717, 1.165) is 24.2 Å². The van der Waals surface area contributed by atoms with E-state index < -0.39 is 0 Å². The molecule has 2 heterocycles. The van der Waals surface area contributed by atoms with Gasteiger partial charge in [0.25, 0.3) is 0 Å². The Morgan fingerprint density at radius 3 is 2.88 bits per heavy atom. The van der Waals surface area contributed by atoms with Crippen molar-refractivity contribution in [1.82, 2.24) is 4.98 Å².